The van der Waals surface area contributed by atoms with Crippen LogP contribution in [0.5, 0.6) is 0 Å². The van der Waals surface area contributed by atoms with Crippen molar-refractivity contribution < 1.29 is 49.0 Å². The fourth-order valence-corrected chi connectivity index (χ4v) is 5.75. The second kappa shape index (κ2) is 35.5. The van der Waals surface area contributed by atoms with Gasteiger partial charge in [0, 0.05) is 12.8 Å². The molecule has 0 amide bonds. The number of rotatable bonds is 33. The second-order valence-electron chi connectivity index (χ2n) is 14.1. The van der Waals surface area contributed by atoms with Crippen molar-refractivity contribution in [2.24, 2.45) is 0 Å². The van der Waals surface area contributed by atoms with Crippen LogP contribution in [0.3, 0.4) is 0 Å². The number of hydrogen-bond donors (Lipinski definition) is 4. The molecule has 1 fully saturated rings. The molecule has 0 bridgehead atoms. The van der Waals surface area contributed by atoms with Crippen LogP contribution < -0.4 is 0 Å². The Bertz CT molecular complexity index is 1120. The fraction of sp³-hybridized carbons (Fsp3) is 0.689. The molecule has 10 nitrogen and oxygen atoms in total. The first kappa shape index (κ1) is 50.2. The largest absolute Gasteiger partial charge is 0.462 e. The van der Waals surface area contributed by atoms with E-state index in [1.807, 2.05) is 6.08 Å². The van der Waals surface area contributed by atoms with Crippen molar-refractivity contribution in [2.45, 2.75) is 179 Å². The summed E-state index contributed by atoms with van der Waals surface area (Å²) in [5.41, 5.74) is 0. The van der Waals surface area contributed by atoms with E-state index in [-0.39, 0.29) is 26.1 Å². The van der Waals surface area contributed by atoms with Gasteiger partial charge in [0.1, 0.15) is 31.0 Å². The lowest BCUT2D eigenvalue weighted by molar-refractivity contribution is -0.305. The fourth-order valence-electron chi connectivity index (χ4n) is 5.75. The first-order chi connectivity index (χ1) is 26.8. The standard InChI is InChI=1S/C45H74O10/c1-3-5-7-9-11-13-15-17-18-19-20-22-24-26-28-30-32-34-41(48)54-38(37-53-45-44(51)43(50)42(49)39(35-46)55-45)36-52-40(47)33-31-29-27-25-23-21-16-14-12-10-8-6-4-2/h5,7,11,13-14,16-18,20,22,26,28,38-39,42-46,49-51H,3-4,6,8-10,12,15,19,21,23-25,27,29-37H2,1-2H3/b7-5-,13-11-,16-14-,18-17-,22-20-,28-26-. The molecular weight excluding hydrogens is 700 g/mol. The highest BCUT2D eigenvalue weighted by atomic mass is 16.7. The molecule has 314 valence electrons. The van der Waals surface area contributed by atoms with Crippen LogP contribution in [0.4, 0.5) is 0 Å². The minimum Gasteiger partial charge on any atom is -0.462 e. The zero-order chi connectivity index (χ0) is 40.2. The Labute approximate surface area is 332 Å². The minimum absolute atomic E-state index is 0.146. The van der Waals surface area contributed by atoms with Gasteiger partial charge < -0.3 is 39.4 Å². The van der Waals surface area contributed by atoms with Gasteiger partial charge in [-0.05, 0) is 77.0 Å². The third-order valence-electron chi connectivity index (χ3n) is 9.08. The number of carbonyl (C=O) groups is 2. The molecule has 6 atom stereocenters. The zero-order valence-electron chi connectivity index (χ0n) is 33.9. The van der Waals surface area contributed by atoms with Crippen LogP contribution in [-0.2, 0) is 28.5 Å². The molecule has 0 radical (unpaired) electrons. The Morgan fingerprint density at radius 1 is 0.582 bits per heavy atom. The smallest absolute Gasteiger partial charge is 0.306 e. The van der Waals surface area contributed by atoms with Gasteiger partial charge in [-0.1, -0.05) is 125 Å². The Morgan fingerprint density at radius 2 is 1.09 bits per heavy atom. The van der Waals surface area contributed by atoms with Gasteiger partial charge in [0.15, 0.2) is 12.4 Å². The van der Waals surface area contributed by atoms with Crippen LogP contribution in [0.15, 0.2) is 72.9 Å². The third kappa shape index (κ3) is 27.4. The van der Waals surface area contributed by atoms with Gasteiger partial charge in [0.2, 0.25) is 0 Å². The molecule has 0 aliphatic carbocycles. The quantitative estimate of drug-likeness (QED) is 0.0291. The van der Waals surface area contributed by atoms with Crippen molar-refractivity contribution >= 4 is 11.9 Å². The number of aliphatic hydroxyl groups excluding tert-OH is 4. The highest BCUT2D eigenvalue weighted by Gasteiger charge is 2.44. The first-order valence-electron chi connectivity index (χ1n) is 21.0. The van der Waals surface area contributed by atoms with Crippen molar-refractivity contribution in [2.75, 3.05) is 19.8 Å². The Balaban J connectivity index is 2.43. The number of aliphatic hydroxyl groups is 4. The summed E-state index contributed by atoms with van der Waals surface area (Å²) < 4.78 is 22.0. The SMILES string of the molecule is CC/C=C\C/C=C\C/C=C\C/C=C\C/C=C\CCCC(=O)OC(COC(=O)CCCCCCC/C=C\CCCCCC)COC1OC(CO)C(O)C(O)C1O. The van der Waals surface area contributed by atoms with E-state index < -0.39 is 55.4 Å². The van der Waals surface area contributed by atoms with Crippen molar-refractivity contribution in [3.63, 3.8) is 0 Å². The van der Waals surface area contributed by atoms with E-state index in [2.05, 4.69) is 80.7 Å². The summed E-state index contributed by atoms with van der Waals surface area (Å²) in [5.74, 6) is -0.893. The van der Waals surface area contributed by atoms with Gasteiger partial charge in [-0.25, -0.2) is 0 Å². The number of esters is 2. The molecule has 1 saturated heterocycles. The number of unbranched alkanes of at least 4 members (excludes halogenated alkanes) is 10. The Morgan fingerprint density at radius 3 is 1.69 bits per heavy atom. The van der Waals surface area contributed by atoms with Crippen LogP contribution in [0.2, 0.25) is 0 Å². The summed E-state index contributed by atoms with van der Waals surface area (Å²) in [5, 5.41) is 40.0. The minimum atomic E-state index is -1.61. The van der Waals surface area contributed by atoms with Crippen LogP contribution >= 0.6 is 0 Å². The maximum atomic E-state index is 12.7. The topological polar surface area (TPSA) is 152 Å². The summed E-state index contributed by atoms with van der Waals surface area (Å²) >= 11 is 0. The molecule has 10 heteroatoms. The maximum Gasteiger partial charge on any atom is 0.306 e. The Kier molecular flexibility index (Phi) is 32.4. The zero-order valence-corrected chi connectivity index (χ0v) is 33.9. The van der Waals surface area contributed by atoms with E-state index >= 15 is 0 Å². The molecule has 1 aliphatic heterocycles. The molecule has 6 unspecified atom stereocenters. The van der Waals surface area contributed by atoms with E-state index in [1.165, 1.54) is 25.7 Å². The lowest BCUT2D eigenvalue weighted by atomic mass is 9.99. The number of allylic oxidation sites excluding steroid dienone is 12. The lowest BCUT2D eigenvalue weighted by Gasteiger charge is -2.39. The molecule has 1 heterocycles. The molecule has 0 saturated carbocycles. The molecule has 0 aromatic carbocycles. The van der Waals surface area contributed by atoms with Crippen molar-refractivity contribution in [1.82, 2.24) is 0 Å². The molecule has 4 N–H and O–H groups in total. The lowest BCUT2D eigenvalue weighted by Crippen LogP contribution is -2.59. The average Bonchev–Trinajstić information content (AvgIpc) is 3.18. The molecular formula is C45H74O10. The molecule has 1 rings (SSSR count). The predicted molar refractivity (Wildman–Crippen MR) is 219 cm³/mol. The van der Waals surface area contributed by atoms with Gasteiger partial charge in [0.25, 0.3) is 0 Å². The van der Waals surface area contributed by atoms with Crippen molar-refractivity contribution in [1.29, 1.82) is 0 Å². The highest BCUT2D eigenvalue weighted by Crippen LogP contribution is 2.22. The monoisotopic (exact) mass is 775 g/mol. The van der Waals surface area contributed by atoms with E-state index in [1.54, 1.807) is 0 Å². The first-order valence-corrected chi connectivity index (χ1v) is 21.0. The van der Waals surface area contributed by atoms with E-state index in [9.17, 15) is 30.0 Å². The number of ether oxygens (including phenoxy) is 4. The van der Waals surface area contributed by atoms with Gasteiger partial charge in [-0.2, -0.15) is 0 Å². The van der Waals surface area contributed by atoms with Crippen molar-refractivity contribution in [3.8, 4) is 0 Å². The summed E-state index contributed by atoms with van der Waals surface area (Å²) in [4.78, 5) is 25.2. The van der Waals surface area contributed by atoms with E-state index in [4.69, 9.17) is 18.9 Å². The molecule has 0 spiro atoms. The van der Waals surface area contributed by atoms with Crippen molar-refractivity contribution in [3.05, 3.63) is 72.9 Å². The van der Waals surface area contributed by atoms with Gasteiger partial charge >= 0.3 is 11.9 Å². The Hall–Kier alpha value is -2.86. The molecule has 55 heavy (non-hydrogen) atoms. The summed E-state index contributed by atoms with van der Waals surface area (Å²) in [7, 11) is 0. The highest BCUT2D eigenvalue weighted by molar-refractivity contribution is 5.70. The molecule has 1 aliphatic rings. The van der Waals surface area contributed by atoms with E-state index in [0.29, 0.717) is 19.3 Å². The van der Waals surface area contributed by atoms with E-state index in [0.717, 1.165) is 70.6 Å². The molecule has 0 aromatic heterocycles. The molecule has 0 aromatic rings. The third-order valence-corrected chi connectivity index (χ3v) is 9.08. The van der Waals surface area contributed by atoms with Crippen LogP contribution in [0.1, 0.15) is 142 Å². The van der Waals surface area contributed by atoms with Crippen LogP contribution in [-0.4, -0.2) is 89.0 Å². The summed E-state index contributed by atoms with van der Waals surface area (Å²) in [6.07, 6.45) is 36.3. The predicted octanol–water partition coefficient (Wildman–Crippen LogP) is 8.44. The second-order valence-corrected chi connectivity index (χ2v) is 14.1. The van der Waals surface area contributed by atoms with Gasteiger partial charge in [0.05, 0.1) is 13.2 Å². The summed E-state index contributed by atoms with van der Waals surface area (Å²) in [6.45, 7) is 3.20. The maximum absolute atomic E-state index is 12.7. The number of carbonyl (C=O) groups excluding carboxylic acids is 2. The number of hydrogen-bond acceptors (Lipinski definition) is 10. The van der Waals surface area contributed by atoms with Gasteiger partial charge in [-0.15, -0.1) is 0 Å². The normalized spacial score (nSPS) is 21.3. The average molecular weight is 775 g/mol. The van der Waals surface area contributed by atoms with Crippen LogP contribution in [0.25, 0.3) is 0 Å². The summed E-state index contributed by atoms with van der Waals surface area (Å²) in [6, 6.07) is 0. The van der Waals surface area contributed by atoms with Crippen LogP contribution in [0, 0.1) is 0 Å². The van der Waals surface area contributed by atoms with Gasteiger partial charge in [-0.3, -0.25) is 9.59 Å².